The van der Waals surface area contributed by atoms with Crippen molar-refractivity contribution >= 4 is 22.8 Å². The van der Waals surface area contributed by atoms with Crippen molar-refractivity contribution in [2.24, 2.45) is 0 Å². The number of H-pyrrole nitrogens is 1. The van der Waals surface area contributed by atoms with Gasteiger partial charge in [-0.3, -0.25) is 9.69 Å². The number of hydrogen-bond acceptors (Lipinski definition) is 4. The van der Waals surface area contributed by atoms with Crippen molar-refractivity contribution in [1.29, 1.82) is 0 Å². The lowest BCUT2D eigenvalue weighted by atomic mass is 9.89. The monoisotopic (exact) mass is 565 g/mol. The lowest BCUT2D eigenvalue weighted by molar-refractivity contribution is -0.192. The summed E-state index contributed by atoms with van der Waals surface area (Å²) >= 11 is 0. The Kier molecular flexibility index (Phi) is 7.58. The van der Waals surface area contributed by atoms with Crippen LogP contribution in [-0.2, 0) is 20.9 Å². The van der Waals surface area contributed by atoms with E-state index < -0.39 is 23.8 Å². The Morgan fingerprint density at radius 1 is 1.07 bits per heavy atom. The first kappa shape index (κ1) is 28.0. The number of hydrogen-bond donors (Lipinski definition) is 2. The number of carbonyl (C=O) groups is 2. The lowest BCUT2D eigenvalue weighted by Gasteiger charge is -2.47. The van der Waals surface area contributed by atoms with Gasteiger partial charge in [-0.2, -0.15) is 13.2 Å². The molecule has 2 saturated heterocycles. The van der Waals surface area contributed by atoms with Crippen molar-refractivity contribution in [3.63, 3.8) is 0 Å². The Balaban J connectivity index is 0.000000411. The molecule has 214 valence electrons. The van der Waals surface area contributed by atoms with E-state index in [1.807, 2.05) is 35.4 Å². The van der Waals surface area contributed by atoms with E-state index in [0.29, 0.717) is 30.3 Å². The zero-order valence-corrected chi connectivity index (χ0v) is 21.4. The third-order valence-corrected chi connectivity index (χ3v) is 7.70. The fourth-order valence-corrected chi connectivity index (χ4v) is 5.27. The number of nitrogens with one attached hydrogen (secondary N) is 1. The fourth-order valence-electron chi connectivity index (χ4n) is 5.27. The number of rotatable bonds is 4. The van der Waals surface area contributed by atoms with Crippen molar-refractivity contribution < 1.29 is 41.4 Å². The summed E-state index contributed by atoms with van der Waals surface area (Å²) in [6.07, 6.45) is 0.516. The molecule has 2 aromatic carbocycles. The van der Waals surface area contributed by atoms with Crippen LogP contribution in [0, 0.1) is 11.6 Å². The van der Waals surface area contributed by atoms with E-state index >= 15 is 8.78 Å². The number of nitrogens with zero attached hydrogens (tertiary/aromatic N) is 2. The van der Waals surface area contributed by atoms with Gasteiger partial charge in [-0.05, 0) is 48.8 Å². The van der Waals surface area contributed by atoms with Crippen LogP contribution >= 0.6 is 0 Å². The molecule has 3 aromatic rings. The number of aromatic amines is 1. The summed E-state index contributed by atoms with van der Waals surface area (Å²) in [6.45, 7) is 2.65. The Labute approximate surface area is 226 Å². The number of aromatic nitrogens is 1. The first-order valence-electron chi connectivity index (χ1n) is 13.0. The van der Waals surface area contributed by atoms with Gasteiger partial charge in [-0.1, -0.05) is 24.3 Å². The van der Waals surface area contributed by atoms with Gasteiger partial charge in [0.25, 0.3) is 0 Å². The minimum Gasteiger partial charge on any atom is -0.475 e. The Morgan fingerprint density at radius 2 is 1.77 bits per heavy atom. The Bertz CT molecular complexity index is 1410. The Morgan fingerprint density at radius 3 is 2.42 bits per heavy atom. The van der Waals surface area contributed by atoms with Crippen molar-refractivity contribution in [2.45, 2.75) is 50.0 Å². The highest BCUT2D eigenvalue weighted by Crippen LogP contribution is 2.37. The van der Waals surface area contributed by atoms with Gasteiger partial charge in [-0.15, -0.1) is 0 Å². The summed E-state index contributed by atoms with van der Waals surface area (Å²) < 4.78 is 67.8. The van der Waals surface area contributed by atoms with Crippen LogP contribution in [0.5, 0.6) is 0 Å². The molecule has 2 N–H and O–H groups in total. The molecule has 1 saturated carbocycles. The number of amides is 1. The number of ether oxygens (including phenoxy) is 1. The number of morpholine rings is 1. The molecule has 0 unspecified atom stereocenters. The molecule has 12 heteroatoms. The zero-order chi connectivity index (χ0) is 28.7. The highest BCUT2D eigenvalue weighted by Gasteiger charge is 2.46. The number of halogens is 5. The number of piperidine rings is 1. The summed E-state index contributed by atoms with van der Waals surface area (Å²) in [5, 5.41) is 8.16. The number of alkyl halides is 3. The van der Waals surface area contributed by atoms with Gasteiger partial charge in [-0.25, -0.2) is 13.6 Å². The van der Waals surface area contributed by atoms with E-state index in [2.05, 4.69) is 9.88 Å². The summed E-state index contributed by atoms with van der Waals surface area (Å²) in [6, 6.07) is 11.3. The van der Waals surface area contributed by atoms with Crippen LogP contribution in [0.1, 0.15) is 31.2 Å². The van der Waals surface area contributed by atoms with Gasteiger partial charge in [0.15, 0.2) is 11.6 Å². The molecule has 3 heterocycles. The van der Waals surface area contributed by atoms with E-state index in [1.54, 1.807) is 12.1 Å². The standard InChI is InChI=1S/C26H27F2N3O2.C2HF3O2/c27-24-19(3-6-21(25(24)28)18-2-1-17-7-10-29-22(17)13-18)14-30-11-8-26(9-12-30)16-31(20-4-5-20)23(32)15-33-26;3-2(4,5)1(6)7/h1-3,6-7,10,13,20,29H,4-5,8-9,11-12,14-16H2;(H,6,7). The second-order valence-electron chi connectivity index (χ2n) is 10.5. The third kappa shape index (κ3) is 5.97. The minimum absolute atomic E-state index is 0.0959. The van der Waals surface area contributed by atoms with Crippen molar-refractivity contribution in [1.82, 2.24) is 14.8 Å². The highest BCUT2D eigenvalue weighted by molar-refractivity contribution is 5.85. The second-order valence-corrected chi connectivity index (χ2v) is 10.5. The normalized spacial score (nSPS) is 19.5. The number of benzene rings is 2. The summed E-state index contributed by atoms with van der Waals surface area (Å²) in [5.74, 6) is -4.24. The topological polar surface area (TPSA) is 85.9 Å². The molecule has 3 aliphatic rings. The van der Waals surface area contributed by atoms with Crippen molar-refractivity contribution in [2.75, 3.05) is 26.2 Å². The van der Waals surface area contributed by atoms with Crippen LogP contribution in [0.15, 0.2) is 42.6 Å². The number of likely N-dealkylation sites (tertiary alicyclic amines) is 1. The van der Waals surface area contributed by atoms with E-state index in [-0.39, 0.29) is 23.7 Å². The molecule has 2 aliphatic heterocycles. The molecule has 0 bridgehead atoms. The number of carboxylic acids is 1. The molecule has 40 heavy (non-hydrogen) atoms. The van der Waals surface area contributed by atoms with Crippen LogP contribution in [0.2, 0.25) is 0 Å². The maximum atomic E-state index is 15.0. The largest absolute Gasteiger partial charge is 0.490 e. The molecule has 6 rings (SSSR count). The van der Waals surface area contributed by atoms with E-state index in [4.69, 9.17) is 14.6 Å². The molecular formula is C28H28F5N3O4. The Hall–Kier alpha value is -3.51. The minimum atomic E-state index is -5.08. The SMILES string of the molecule is O=C(O)C(F)(F)F.O=C1COC2(CCN(Cc3ccc(-c4ccc5cc[nH]c5c4)c(F)c3F)CC2)CN1C1CC1. The van der Waals surface area contributed by atoms with E-state index in [1.165, 1.54) is 0 Å². The molecule has 0 radical (unpaired) electrons. The van der Waals surface area contributed by atoms with Gasteiger partial charge in [0, 0.05) is 48.5 Å². The summed E-state index contributed by atoms with van der Waals surface area (Å²) in [7, 11) is 0. The smallest absolute Gasteiger partial charge is 0.475 e. The maximum Gasteiger partial charge on any atom is 0.490 e. The van der Waals surface area contributed by atoms with Crippen LogP contribution in [-0.4, -0.2) is 75.8 Å². The summed E-state index contributed by atoms with van der Waals surface area (Å²) in [5.41, 5.74) is 1.89. The molecule has 7 nitrogen and oxygen atoms in total. The molecule has 0 atom stereocenters. The number of carbonyl (C=O) groups excluding carboxylic acids is 1. The van der Waals surface area contributed by atoms with Crippen molar-refractivity contribution in [3.05, 3.63) is 59.8 Å². The maximum absolute atomic E-state index is 15.0. The molecular weight excluding hydrogens is 537 g/mol. The van der Waals surface area contributed by atoms with E-state index in [9.17, 15) is 18.0 Å². The zero-order valence-electron chi connectivity index (χ0n) is 21.4. The quantitative estimate of drug-likeness (QED) is 0.430. The average molecular weight is 566 g/mol. The lowest BCUT2D eigenvalue weighted by Crippen LogP contribution is -2.59. The molecule has 1 spiro atoms. The number of aliphatic carboxylic acids is 1. The first-order chi connectivity index (χ1) is 19.0. The molecule has 1 amide bonds. The first-order valence-corrected chi connectivity index (χ1v) is 13.0. The van der Waals surface area contributed by atoms with Gasteiger partial charge in [0.1, 0.15) is 6.61 Å². The van der Waals surface area contributed by atoms with Crippen LogP contribution < -0.4 is 0 Å². The third-order valence-electron chi connectivity index (χ3n) is 7.70. The van der Waals surface area contributed by atoms with Crippen LogP contribution in [0.25, 0.3) is 22.0 Å². The molecule has 3 fully saturated rings. The van der Waals surface area contributed by atoms with Gasteiger partial charge in [0.2, 0.25) is 5.91 Å². The van der Waals surface area contributed by atoms with Gasteiger partial charge >= 0.3 is 12.1 Å². The van der Waals surface area contributed by atoms with Crippen LogP contribution in [0.4, 0.5) is 22.0 Å². The predicted octanol–water partition coefficient (Wildman–Crippen LogP) is 5.10. The average Bonchev–Trinajstić information content (AvgIpc) is 3.66. The van der Waals surface area contributed by atoms with Crippen molar-refractivity contribution in [3.8, 4) is 11.1 Å². The van der Waals surface area contributed by atoms with Gasteiger partial charge in [0.05, 0.1) is 12.1 Å². The summed E-state index contributed by atoms with van der Waals surface area (Å²) in [4.78, 5) is 28.3. The predicted molar refractivity (Wildman–Crippen MR) is 135 cm³/mol. The van der Waals surface area contributed by atoms with E-state index in [0.717, 1.165) is 49.7 Å². The fraction of sp³-hybridized carbons (Fsp3) is 0.429. The highest BCUT2D eigenvalue weighted by atomic mass is 19.4. The molecule has 1 aliphatic carbocycles. The number of fused-ring (bicyclic) bond motifs is 1. The van der Waals surface area contributed by atoms with Gasteiger partial charge < -0.3 is 19.7 Å². The van der Waals surface area contributed by atoms with Crippen LogP contribution in [0.3, 0.4) is 0 Å². The number of carboxylic acid groups (broad SMARTS) is 1. The second kappa shape index (κ2) is 10.8. The molecule has 1 aromatic heterocycles.